The number of carbonyl (C=O) groups is 15. The molecule has 0 aromatic carbocycles. The molecule has 30 nitrogen and oxygen atoms in total. The first-order valence-corrected chi connectivity index (χ1v) is 23.2. The van der Waals surface area contributed by atoms with Gasteiger partial charge in [0.15, 0.2) is 30.2 Å². The zero-order valence-electron chi connectivity index (χ0n) is 45.5. The number of hydrogen-bond acceptors (Lipinski definition) is 17. The molecule has 0 aromatic heterocycles. The van der Waals surface area contributed by atoms with Gasteiger partial charge in [-0.25, -0.2) is 0 Å². The van der Waals surface area contributed by atoms with E-state index in [1.807, 2.05) is 0 Å². The van der Waals surface area contributed by atoms with Crippen LogP contribution in [-0.4, -0.2) is 206 Å². The number of nitrogens with one attached hydrogen (secondary N) is 15. The predicted molar refractivity (Wildman–Crippen MR) is 272 cm³/mol. The number of thiol groups is 1. The monoisotopic (exact) mass is 1350 g/mol. The van der Waals surface area contributed by atoms with E-state index in [4.69, 9.17) is 0 Å². The fraction of sp³-hybridized carbons (Fsp3) is 0.561. The van der Waals surface area contributed by atoms with Crippen LogP contribution in [0, 0.1) is 19.3 Å². The fourth-order valence-electron chi connectivity index (χ4n) is 4.00. The molecule has 0 saturated heterocycles. The summed E-state index contributed by atoms with van der Waals surface area (Å²) in [4.78, 5) is 168. The SMILES string of the molecule is CNC(=O)C(NC(=O)C(C)S)C(=O)NC.CNC(=O)C(NC(=O)C(C)SC)C(=O)NC.C[CH-]C(=O)NC(C(=O)NC)C(=O)NC.C[CH-]C(=O)NC(C(=O)NC)C(=O)NC.C[CH-]C(=O)NC(C(=O)NC)C(=O)NC.[Y].[Y].[Y]. The second kappa shape index (κ2) is 52.7. The normalized spacial score (nSPS) is 9.87. The Morgan fingerprint density at radius 1 is 0.316 bits per heavy atom. The Hall–Kier alpha value is -4.33. The fourth-order valence-corrected chi connectivity index (χ4v) is 4.36. The van der Waals surface area contributed by atoms with Crippen LogP contribution in [0.5, 0.6) is 0 Å². The Labute approximate surface area is 528 Å². The molecule has 0 bridgehead atoms. The first kappa shape index (κ1) is 88.3. The van der Waals surface area contributed by atoms with Gasteiger partial charge >= 0.3 is 0 Å². The molecule has 0 aliphatic heterocycles. The molecule has 76 heavy (non-hydrogen) atoms. The topological polar surface area (TPSA) is 436 Å². The molecule has 15 amide bonds. The van der Waals surface area contributed by atoms with Gasteiger partial charge in [0.1, 0.15) is 0 Å². The standard InChI is InChI=1S/C9H17N3O3S.C8H15N3O3S.3C8H14N3O3.3Y/c1-5(16-4)7(13)12-6(8(14)10-2)9(15)11-3;1-4(15)6(12)11-5(7(13)9-2)8(14)10-3;3*1-4-5(12)11-6(7(13)9-2)8(14)10-3;;;/h5-6H,1-4H3,(H,10,14)(H,11,15)(H,12,13);4-5,15H,1-3H3,(H,9,13)(H,10,14)(H,11,12);3*4,6H,1-3H3,(H,9,13)(H,10,14)(H,11,12);;;/q;;3*-1;;;. The Morgan fingerprint density at radius 3 is 0.605 bits per heavy atom. The van der Waals surface area contributed by atoms with Gasteiger partial charge in [-0.2, -0.15) is 45.2 Å². The van der Waals surface area contributed by atoms with E-state index in [2.05, 4.69) is 92.4 Å². The Balaban J connectivity index is -0.000000126. The van der Waals surface area contributed by atoms with Crippen LogP contribution in [-0.2, 0) is 170 Å². The number of likely N-dealkylation sites (N-methyl/N-ethyl adjacent to an activating group) is 10. The van der Waals surface area contributed by atoms with E-state index in [0.717, 1.165) is 0 Å². The van der Waals surface area contributed by atoms with E-state index in [1.165, 1.54) is 122 Å². The molecule has 0 spiro atoms. The van der Waals surface area contributed by atoms with Crippen LogP contribution >= 0.6 is 24.4 Å². The second-order valence-electron chi connectivity index (χ2n) is 13.3. The number of hydrogen-bond donors (Lipinski definition) is 16. The Kier molecular flexibility index (Phi) is 61.2. The maximum atomic E-state index is 11.5. The van der Waals surface area contributed by atoms with Gasteiger partial charge in [-0.15, -0.1) is 0 Å². The van der Waals surface area contributed by atoms with Crippen molar-refractivity contribution in [2.75, 3.05) is 76.7 Å². The number of rotatable bonds is 21. The second-order valence-corrected chi connectivity index (χ2v) is 15.2. The summed E-state index contributed by atoms with van der Waals surface area (Å²) in [7, 11) is 13.9. The molecule has 0 saturated carbocycles. The number of carbonyl (C=O) groups excluding carboxylic acids is 15. The average molecular weight is 1350 g/mol. The molecule has 3 radical (unpaired) electrons. The third-order valence-corrected chi connectivity index (χ3v) is 9.56. The van der Waals surface area contributed by atoms with Crippen molar-refractivity contribution < 1.29 is 170 Å². The van der Waals surface area contributed by atoms with E-state index in [0.29, 0.717) is 0 Å². The minimum atomic E-state index is -1.22. The van der Waals surface area contributed by atoms with Gasteiger partial charge in [0.2, 0.25) is 11.8 Å². The number of thioether (sulfide) groups is 1. The molecule has 0 aliphatic carbocycles. The van der Waals surface area contributed by atoms with Gasteiger partial charge in [0.25, 0.3) is 59.1 Å². The molecule has 0 aliphatic rings. The van der Waals surface area contributed by atoms with Crippen molar-refractivity contribution in [2.24, 2.45) is 0 Å². The summed E-state index contributed by atoms with van der Waals surface area (Å²) in [6.07, 6.45) is 5.48. The summed E-state index contributed by atoms with van der Waals surface area (Å²) in [5.41, 5.74) is 0. The molecule has 15 N–H and O–H groups in total. The predicted octanol–water partition coefficient (Wildman–Crippen LogP) is -8.45. The molecule has 2 unspecified atom stereocenters. The van der Waals surface area contributed by atoms with E-state index in [9.17, 15) is 71.9 Å². The van der Waals surface area contributed by atoms with Crippen LogP contribution in [0.3, 0.4) is 0 Å². The van der Waals surface area contributed by atoms with Crippen LogP contribution in [0.4, 0.5) is 0 Å². The minimum Gasteiger partial charge on any atom is -0.362 e. The van der Waals surface area contributed by atoms with E-state index in [1.54, 1.807) is 20.1 Å². The Morgan fingerprint density at radius 2 is 0.474 bits per heavy atom. The van der Waals surface area contributed by atoms with Gasteiger partial charge < -0.3 is 113 Å². The summed E-state index contributed by atoms with van der Waals surface area (Å²) in [6.45, 7) is 7.79. The molecular weight excluding hydrogens is 1270 g/mol. The molecule has 2 atom stereocenters. The smallest absolute Gasteiger partial charge is 0.252 e. The van der Waals surface area contributed by atoms with Gasteiger partial charge in [-0.1, -0.05) is 0 Å². The van der Waals surface area contributed by atoms with Gasteiger partial charge in [0.05, 0.1) is 28.2 Å². The molecule has 35 heteroatoms. The third kappa shape index (κ3) is 39.1. The maximum Gasteiger partial charge on any atom is 0.252 e. The van der Waals surface area contributed by atoms with E-state index >= 15 is 0 Å². The van der Waals surface area contributed by atoms with Crippen molar-refractivity contribution >= 4 is 113 Å². The number of amides is 15. The van der Waals surface area contributed by atoms with Crippen molar-refractivity contribution in [2.45, 2.75) is 75.3 Å². The van der Waals surface area contributed by atoms with Crippen LogP contribution in [0.25, 0.3) is 0 Å². The Bertz CT molecular complexity index is 1700. The summed E-state index contributed by atoms with van der Waals surface area (Å²) in [6, 6.07) is -5.96. The van der Waals surface area contributed by atoms with Crippen LogP contribution < -0.4 is 79.8 Å². The first-order chi connectivity index (χ1) is 34.1. The van der Waals surface area contributed by atoms with Crippen molar-refractivity contribution in [1.82, 2.24) is 79.8 Å². The van der Waals surface area contributed by atoms with Crippen LogP contribution in [0.15, 0.2) is 0 Å². The third-order valence-electron chi connectivity index (χ3n) is 8.41. The zero-order valence-corrected chi connectivity index (χ0v) is 55.7. The van der Waals surface area contributed by atoms with Gasteiger partial charge in [-0.05, 0) is 20.1 Å². The molecule has 427 valence electrons. The van der Waals surface area contributed by atoms with E-state index < -0.39 is 118 Å². The van der Waals surface area contributed by atoms with Crippen LogP contribution in [0.2, 0.25) is 0 Å². The van der Waals surface area contributed by atoms with Crippen LogP contribution in [0.1, 0.15) is 34.6 Å². The molecule has 0 heterocycles. The van der Waals surface area contributed by atoms with Gasteiger partial charge in [-0.3, -0.25) is 57.5 Å². The van der Waals surface area contributed by atoms with Crippen molar-refractivity contribution in [3.8, 4) is 0 Å². The van der Waals surface area contributed by atoms with Crippen molar-refractivity contribution in [1.29, 1.82) is 0 Å². The quantitative estimate of drug-likeness (QED) is 0.0288. The minimum absolute atomic E-state index is 0. The zero-order chi connectivity index (χ0) is 58.1. The average Bonchev–Trinajstić information content (AvgIpc) is 3.41. The molecule has 0 rings (SSSR count). The summed E-state index contributed by atoms with van der Waals surface area (Å²) < 4.78 is 0. The molecule has 0 fully saturated rings. The van der Waals surface area contributed by atoms with Crippen molar-refractivity contribution in [3.63, 3.8) is 0 Å². The summed E-state index contributed by atoms with van der Waals surface area (Å²) >= 11 is 5.23. The first-order valence-electron chi connectivity index (χ1n) is 21.4. The molecule has 0 aromatic rings. The maximum absolute atomic E-state index is 11.5. The van der Waals surface area contributed by atoms with Gasteiger partial charge in [0, 0.05) is 169 Å². The molecular formula is C41H74N15O15S2Y3-3. The van der Waals surface area contributed by atoms with Crippen molar-refractivity contribution in [3.05, 3.63) is 19.3 Å². The summed E-state index contributed by atoms with van der Waals surface area (Å²) in [5, 5.41) is 33.4. The van der Waals surface area contributed by atoms with E-state index in [-0.39, 0.29) is 109 Å². The largest absolute Gasteiger partial charge is 0.362 e. The summed E-state index contributed by atoms with van der Waals surface area (Å²) in [5.74, 6) is -7.79.